The van der Waals surface area contributed by atoms with Gasteiger partial charge >= 0.3 is 12.1 Å². The molecule has 1 heterocycles. The Morgan fingerprint density at radius 2 is 2.16 bits per heavy atom. The van der Waals surface area contributed by atoms with E-state index in [1.54, 1.807) is 0 Å². The molecule has 0 saturated heterocycles. The van der Waals surface area contributed by atoms with Gasteiger partial charge in [0.15, 0.2) is 0 Å². The minimum Gasteiger partial charge on any atom is -0.378 e. The molecular formula is C14H10F3N5O3. The zero-order valence-electron chi connectivity index (χ0n) is 12.5. The fourth-order valence-corrected chi connectivity index (χ4v) is 2.17. The van der Waals surface area contributed by atoms with E-state index in [4.69, 9.17) is 5.26 Å². The lowest BCUT2D eigenvalue weighted by atomic mass is 10.1. The Balaban J connectivity index is 1.87. The van der Waals surface area contributed by atoms with Gasteiger partial charge < -0.3 is 9.84 Å². The van der Waals surface area contributed by atoms with Crippen molar-refractivity contribution in [3.05, 3.63) is 34.2 Å². The van der Waals surface area contributed by atoms with Crippen LogP contribution in [0.3, 0.4) is 0 Å². The highest BCUT2D eigenvalue weighted by atomic mass is 19.4. The first-order chi connectivity index (χ1) is 11.7. The molecule has 8 nitrogen and oxygen atoms in total. The van der Waals surface area contributed by atoms with Gasteiger partial charge in [-0.05, 0) is 25.0 Å². The largest absolute Gasteiger partial charge is 0.471 e. The first-order valence-electron chi connectivity index (χ1n) is 7.09. The molecule has 0 aliphatic heterocycles. The summed E-state index contributed by atoms with van der Waals surface area (Å²) in [5.74, 6) is -1.94. The maximum absolute atomic E-state index is 12.5. The molecule has 0 spiro atoms. The van der Waals surface area contributed by atoms with E-state index in [-0.39, 0.29) is 23.5 Å². The molecule has 1 saturated carbocycles. The second-order valence-electron chi connectivity index (χ2n) is 5.66. The molecule has 0 radical (unpaired) electrons. The topological polar surface area (TPSA) is 118 Å². The Labute approximate surface area is 138 Å². The lowest BCUT2D eigenvalue weighted by Crippen LogP contribution is -2.14. The number of alkyl halides is 3. The molecule has 3 rings (SSSR count). The maximum Gasteiger partial charge on any atom is 0.471 e. The minimum absolute atomic E-state index is 0.0120. The molecule has 0 bridgehead atoms. The lowest BCUT2D eigenvalue weighted by Gasteiger charge is -2.10. The predicted octanol–water partition coefficient (Wildman–Crippen LogP) is 3.38. The Hall–Kier alpha value is -3.16. The van der Waals surface area contributed by atoms with Crippen LogP contribution in [0.2, 0.25) is 0 Å². The summed E-state index contributed by atoms with van der Waals surface area (Å²) in [6, 6.07) is 5.89. The summed E-state index contributed by atoms with van der Waals surface area (Å²) in [6.07, 6.45) is -3.37. The molecule has 1 aliphatic carbocycles. The monoisotopic (exact) mass is 353 g/mol. The molecule has 1 aliphatic rings. The Morgan fingerprint density at radius 3 is 2.68 bits per heavy atom. The molecule has 1 aromatic heterocycles. The van der Waals surface area contributed by atoms with Gasteiger partial charge in [0.1, 0.15) is 5.69 Å². The molecule has 130 valence electrons. The van der Waals surface area contributed by atoms with Crippen molar-refractivity contribution in [3.63, 3.8) is 0 Å². The second kappa shape index (κ2) is 5.73. The number of halogens is 3. The minimum atomic E-state index is -4.80. The van der Waals surface area contributed by atoms with Crippen LogP contribution in [0.1, 0.15) is 18.7 Å². The van der Waals surface area contributed by atoms with Gasteiger partial charge in [-0.1, -0.05) is 5.16 Å². The molecule has 1 fully saturated rings. The number of nitro benzene ring substituents is 1. The molecule has 25 heavy (non-hydrogen) atoms. The Bertz CT molecular complexity index is 867. The number of benzene rings is 1. The summed E-state index contributed by atoms with van der Waals surface area (Å²) < 4.78 is 41.6. The van der Waals surface area contributed by atoms with Crippen LogP contribution < -0.4 is 5.32 Å². The van der Waals surface area contributed by atoms with E-state index in [0.717, 1.165) is 6.07 Å². The van der Waals surface area contributed by atoms with Crippen LogP contribution in [0.5, 0.6) is 0 Å². The number of rotatable bonds is 5. The van der Waals surface area contributed by atoms with Gasteiger partial charge in [0.25, 0.3) is 5.69 Å². The van der Waals surface area contributed by atoms with Gasteiger partial charge in [0.05, 0.1) is 16.4 Å². The first kappa shape index (κ1) is 16.7. The maximum atomic E-state index is 12.5. The van der Waals surface area contributed by atoms with Crippen LogP contribution >= 0.6 is 0 Å². The number of nitrogens with zero attached hydrogens (tertiary/aromatic N) is 4. The predicted molar refractivity (Wildman–Crippen MR) is 77.2 cm³/mol. The van der Waals surface area contributed by atoms with E-state index in [0.29, 0.717) is 12.8 Å². The van der Waals surface area contributed by atoms with E-state index >= 15 is 0 Å². The van der Waals surface area contributed by atoms with Crippen molar-refractivity contribution < 1.29 is 22.6 Å². The highest BCUT2D eigenvalue weighted by Gasteiger charge is 2.43. The smallest absolute Gasteiger partial charge is 0.378 e. The molecule has 1 aromatic carbocycles. The third-order valence-electron chi connectivity index (χ3n) is 3.83. The average molecular weight is 353 g/mol. The van der Waals surface area contributed by atoms with Crippen LogP contribution in [0.15, 0.2) is 22.7 Å². The van der Waals surface area contributed by atoms with E-state index in [1.807, 2.05) is 0 Å². The van der Waals surface area contributed by atoms with Crippen molar-refractivity contribution >= 4 is 11.4 Å². The number of aromatic nitrogens is 2. The fourth-order valence-electron chi connectivity index (χ4n) is 2.17. The average Bonchev–Trinajstić information content (AvgIpc) is 3.16. The Kier molecular flexibility index (Phi) is 3.82. The fraction of sp³-hybridized carbons (Fsp3) is 0.357. The summed E-state index contributed by atoms with van der Waals surface area (Å²) in [4.78, 5) is 13.8. The molecule has 1 N–H and O–H groups in total. The third-order valence-corrected chi connectivity index (χ3v) is 3.83. The SMILES string of the molecule is N#CC1(CNc2ccc(-c3noc(C(F)(F)F)n3)cc2[N+](=O)[O-])CC1. The van der Waals surface area contributed by atoms with Crippen LogP contribution in [-0.4, -0.2) is 21.6 Å². The van der Waals surface area contributed by atoms with Crippen molar-refractivity contribution in [3.8, 4) is 17.5 Å². The second-order valence-corrected chi connectivity index (χ2v) is 5.66. The zero-order valence-corrected chi connectivity index (χ0v) is 12.5. The molecular weight excluding hydrogens is 343 g/mol. The Morgan fingerprint density at radius 1 is 1.44 bits per heavy atom. The number of nitriles is 1. The molecule has 0 unspecified atom stereocenters. The number of hydrogen-bond acceptors (Lipinski definition) is 7. The number of hydrogen-bond donors (Lipinski definition) is 1. The zero-order chi connectivity index (χ0) is 18.2. The van der Waals surface area contributed by atoms with Crippen LogP contribution in [-0.2, 0) is 6.18 Å². The number of nitro groups is 1. The van der Waals surface area contributed by atoms with Gasteiger partial charge in [0.2, 0.25) is 5.82 Å². The van der Waals surface area contributed by atoms with Gasteiger partial charge in [0, 0.05) is 18.2 Å². The van der Waals surface area contributed by atoms with Crippen molar-refractivity contribution in [1.29, 1.82) is 5.26 Å². The van der Waals surface area contributed by atoms with Gasteiger partial charge in [-0.3, -0.25) is 10.1 Å². The third kappa shape index (κ3) is 3.37. The highest BCUT2D eigenvalue weighted by Crippen LogP contribution is 2.45. The van der Waals surface area contributed by atoms with Gasteiger partial charge in [-0.25, -0.2) is 0 Å². The molecule has 0 atom stereocenters. The summed E-state index contributed by atoms with van der Waals surface area (Å²) in [6.45, 7) is 0.254. The summed E-state index contributed by atoms with van der Waals surface area (Å²) >= 11 is 0. The number of anilines is 1. The molecule has 0 amide bonds. The van der Waals surface area contributed by atoms with Crippen molar-refractivity contribution in [2.24, 2.45) is 5.41 Å². The molecule has 2 aromatic rings. The first-order valence-corrected chi connectivity index (χ1v) is 7.09. The van der Waals surface area contributed by atoms with Crippen molar-refractivity contribution in [2.75, 3.05) is 11.9 Å². The van der Waals surface area contributed by atoms with Crippen molar-refractivity contribution in [2.45, 2.75) is 19.0 Å². The normalized spacial score (nSPS) is 15.4. The van der Waals surface area contributed by atoms with E-state index in [9.17, 15) is 23.3 Å². The van der Waals surface area contributed by atoms with Crippen LogP contribution in [0.4, 0.5) is 24.5 Å². The lowest BCUT2D eigenvalue weighted by molar-refractivity contribution is -0.383. The summed E-state index contributed by atoms with van der Waals surface area (Å²) in [5, 5.41) is 26.3. The summed E-state index contributed by atoms with van der Waals surface area (Å²) in [5.41, 5.74) is -0.695. The highest BCUT2D eigenvalue weighted by molar-refractivity contribution is 5.70. The number of nitrogens with one attached hydrogen (secondary N) is 1. The standard InChI is InChI=1S/C14H10F3N5O3/c15-14(16,17)12-20-11(21-25-12)8-1-2-9(10(5-8)22(23)24)19-7-13(6-18)3-4-13/h1-2,5,19H,3-4,7H2. The van der Waals surface area contributed by atoms with E-state index < -0.39 is 28.2 Å². The van der Waals surface area contributed by atoms with Crippen LogP contribution in [0.25, 0.3) is 11.4 Å². The van der Waals surface area contributed by atoms with E-state index in [1.165, 1.54) is 12.1 Å². The van der Waals surface area contributed by atoms with E-state index in [2.05, 4.69) is 26.0 Å². The van der Waals surface area contributed by atoms with Crippen LogP contribution in [0, 0.1) is 26.9 Å². The van der Waals surface area contributed by atoms with Gasteiger partial charge in [-0.2, -0.15) is 23.4 Å². The quantitative estimate of drug-likeness (QED) is 0.646. The van der Waals surface area contributed by atoms with Crippen molar-refractivity contribution in [1.82, 2.24) is 10.1 Å². The van der Waals surface area contributed by atoms with Gasteiger partial charge in [-0.15, -0.1) is 0 Å². The summed E-state index contributed by atoms with van der Waals surface area (Å²) in [7, 11) is 0. The molecule has 11 heteroatoms.